The van der Waals surface area contributed by atoms with Crippen LogP contribution in [-0.2, 0) is 16.4 Å². The second-order valence-corrected chi connectivity index (χ2v) is 8.42. The van der Waals surface area contributed by atoms with Crippen LogP contribution < -0.4 is 10.1 Å². The minimum absolute atomic E-state index is 0.0148. The zero-order valence-electron chi connectivity index (χ0n) is 16.4. The van der Waals surface area contributed by atoms with Crippen molar-refractivity contribution < 1.29 is 22.0 Å². The lowest BCUT2D eigenvalue weighted by Crippen LogP contribution is -2.07. The van der Waals surface area contributed by atoms with Gasteiger partial charge in [-0.25, -0.2) is 12.8 Å². The van der Waals surface area contributed by atoms with Crippen LogP contribution in [0.4, 0.5) is 10.3 Å². The fraction of sp³-hybridized carbons (Fsp3) is 0.0909. The number of nitrogens with zero attached hydrogens (tertiary/aromatic N) is 2. The van der Waals surface area contributed by atoms with Crippen LogP contribution in [0.1, 0.15) is 5.56 Å². The van der Waals surface area contributed by atoms with Gasteiger partial charge in [-0.05, 0) is 60.2 Å². The number of oxazole rings is 1. The van der Waals surface area contributed by atoms with Crippen LogP contribution in [0.25, 0.3) is 11.5 Å². The maximum atomic E-state index is 13.3. The second kappa shape index (κ2) is 8.57. The number of sulfone groups is 1. The van der Waals surface area contributed by atoms with E-state index in [2.05, 4.69) is 15.3 Å². The van der Waals surface area contributed by atoms with Crippen molar-refractivity contribution in [3.05, 3.63) is 84.4 Å². The Morgan fingerprint density at radius 2 is 1.81 bits per heavy atom. The molecule has 0 atom stereocenters. The third kappa shape index (κ3) is 4.41. The molecule has 0 unspecified atom stereocenters. The molecule has 9 heteroatoms. The number of rotatable bonds is 7. The lowest BCUT2D eigenvalue weighted by Gasteiger charge is -2.06. The van der Waals surface area contributed by atoms with E-state index in [0.717, 1.165) is 17.7 Å². The number of hydrogen-bond acceptors (Lipinski definition) is 7. The first-order chi connectivity index (χ1) is 15.0. The molecule has 0 spiro atoms. The van der Waals surface area contributed by atoms with Crippen LogP contribution in [0.2, 0.25) is 0 Å². The fourth-order valence-electron chi connectivity index (χ4n) is 2.87. The zero-order chi connectivity index (χ0) is 21.8. The maximum Gasteiger partial charge on any atom is 0.234 e. The van der Waals surface area contributed by atoms with E-state index in [4.69, 9.17) is 9.15 Å². The largest absolute Gasteiger partial charge is 0.497 e. The Hall–Kier alpha value is -3.72. The summed E-state index contributed by atoms with van der Waals surface area (Å²) in [4.78, 5) is 8.20. The highest BCUT2D eigenvalue weighted by Gasteiger charge is 2.28. The van der Waals surface area contributed by atoms with Crippen molar-refractivity contribution in [2.24, 2.45) is 0 Å². The molecule has 4 aromatic rings. The van der Waals surface area contributed by atoms with Gasteiger partial charge in [0, 0.05) is 24.5 Å². The highest BCUT2D eigenvalue weighted by Crippen LogP contribution is 2.33. The zero-order valence-corrected chi connectivity index (χ0v) is 17.3. The van der Waals surface area contributed by atoms with Gasteiger partial charge in [0.1, 0.15) is 11.6 Å². The monoisotopic (exact) mass is 439 g/mol. The molecule has 1 N–H and O–H groups in total. The normalized spacial score (nSPS) is 11.3. The number of anilines is 1. The van der Waals surface area contributed by atoms with Gasteiger partial charge in [0.25, 0.3) is 0 Å². The molecule has 0 radical (unpaired) electrons. The smallest absolute Gasteiger partial charge is 0.234 e. The van der Waals surface area contributed by atoms with E-state index in [1.54, 1.807) is 49.8 Å². The predicted octanol–water partition coefficient (Wildman–Crippen LogP) is 4.33. The van der Waals surface area contributed by atoms with E-state index in [1.807, 2.05) is 6.07 Å². The first kappa shape index (κ1) is 20.5. The third-order valence-corrected chi connectivity index (χ3v) is 6.17. The lowest BCUT2D eigenvalue weighted by molar-refractivity contribution is 0.415. The van der Waals surface area contributed by atoms with Gasteiger partial charge >= 0.3 is 0 Å². The summed E-state index contributed by atoms with van der Waals surface area (Å²) in [6.07, 6.45) is 3.30. The van der Waals surface area contributed by atoms with Crippen molar-refractivity contribution in [2.75, 3.05) is 12.4 Å². The van der Waals surface area contributed by atoms with Crippen LogP contribution in [0.15, 0.2) is 87.4 Å². The van der Waals surface area contributed by atoms with Crippen LogP contribution >= 0.6 is 0 Å². The van der Waals surface area contributed by atoms with E-state index in [1.165, 1.54) is 12.1 Å². The summed E-state index contributed by atoms with van der Waals surface area (Å²) in [5.74, 6) is 0.216. The molecule has 31 heavy (non-hydrogen) atoms. The summed E-state index contributed by atoms with van der Waals surface area (Å²) in [6, 6.07) is 15.0. The van der Waals surface area contributed by atoms with E-state index in [9.17, 15) is 12.8 Å². The Bertz CT molecular complexity index is 1270. The van der Waals surface area contributed by atoms with Gasteiger partial charge in [-0.2, -0.15) is 4.98 Å². The molecule has 0 aliphatic carbocycles. The molecule has 7 nitrogen and oxygen atoms in total. The highest BCUT2D eigenvalue weighted by atomic mass is 32.2. The molecule has 2 aromatic heterocycles. The van der Waals surface area contributed by atoms with Crippen LogP contribution in [0.5, 0.6) is 5.75 Å². The Labute approximate surface area is 178 Å². The summed E-state index contributed by atoms with van der Waals surface area (Å²) in [5, 5.41) is 2.70. The topological polar surface area (TPSA) is 94.3 Å². The quantitative estimate of drug-likeness (QED) is 0.428. The number of methoxy groups -OCH3 is 1. The van der Waals surface area contributed by atoms with Crippen molar-refractivity contribution in [3.8, 4) is 17.2 Å². The number of aromatic nitrogens is 2. The van der Waals surface area contributed by atoms with Crippen LogP contribution in [-0.4, -0.2) is 25.5 Å². The molecule has 0 aliphatic heterocycles. The Morgan fingerprint density at radius 3 is 2.45 bits per heavy atom. The van der Waals surface area contributed by atoms with Crippen molar-refractivity contribution in [1.29, 1.82) is 0 Å². The number of hydrogen-bond donors (Lipinski definition) is 1. The Balaban J connectivity index is 1.75. The lowest BCUT2D eigenvalue weighted by atomic mass is 10.2. The minimum atomic E-state index is -4.07. The molecule has 0 fully saturated rings. The van der Waals surface area contributed by atoms with E-state index < -0.39 is 15.7 Å². The van der Waals surface area contributed by atoms with Gasteiger partial charge in [0.15, 0.2) is 0 Å². The predicted molar refractivity (Wildman–Crippen MR) is 112 cm³/mol. The molecule has 4 rings (SSSR count). The van der Waals surface area contributed by atoms with E-state index in [-0.39, 0.29) is 28.2 Å². The average Bonchev–Trinajstić information content (AvgIpc) is 3.24. The Kier molecular flexibility index (Phi) is 5.68. The molecule has 0 aliphatic rings. The molecular weight excluding hydrogens is 421 g/mol. The molecule has 0 bridgehead atoms. The van der Waals surface area contributed by atoms with Gasteiger partial charge in [0.05, 0.1) is 12.0 Å². The summed E-state index contributed by atoms with van der Waals surface area (Å²) in [6.45, 7) is 0.275. The average molecular weight is 439 g/mol. The molecule has 158 valence electrons. The van der Waals surface area contributed by atoms with Crippen molar-refractivity contribution in [3.63, 3.8) is 0 Å². The Morgan fingerprint density at radius 1 is 1.06 bits per heavy atom. The van der Waals surface area contributed by atoms with E-state index >= 15 is 0 Å². The van der Waals surface area contributed by atoms with Gasteiger partial charge in [-0.3, -0.25) is 4.98 Å². The maximum absolute atomic E-state index is 13.3. The van der Waals surface area contributed by atoms with Crippen LogP contribution in [0, 0.1) is 5.82 Å². The molecule has 0 saturated carbocycles. The SMILES string of the molecule is COc1ccc(-c2nc(S(=O)(=O)c3ccc(F)cc3)c(NCc3cccnc3)o2)cc1. The number of ether oxygens (including phenoxy) is 1. The number of halogens is 1. The first-order valence-electron chi connectivity index (χ1n) is 9.26. The number of nitrogens with one attached hydrogen (secondary N) is 1. The standard InChI is InChI=1S/C22H18FN3O4S/c1-29-18-8-4-16(5-9-18)20-26-22(31(27,28)19-10-6-17(23)7-11-19)21(30-20)25-14-15-3-2-12-24-13-15/h2-13,25H,14H2,1H3. The number of pyridine rings is 1. The summed E-state index contributed by atoms with van der Waals surface area (Å²) < 4.78 is 50.6. The molecule has 0 saturated heterocycles. The van der Waals surface area contributed by atoms with Crippen LogP contribution in [0.3, 0.4) is 0 Å². The molecule has 0 amide bonds. The number of benzene rings is 2. The molecule has 2 heterocycles. The van der Waals surface area contributed by atoms with Gasteiger partial charge < -0.3 is 14.5 Å². The van der Waals surface area contributed by atoms with Crippen molar-refractivity contribution >= 4 is 15.7 Å². The summed E-state index contributed by atoms with van der Waals surface area (Å²) in [5.41, 5.74) is 1.40. The summed E-state index contributed by atoms with van der Waals surface area (Å²) in [7, 11) is -2.52. The summed E-state index contributed by atoms with van der Waals surface area (Å²) >= 11 is 0. The molecule has 2 aromatic carbocycles. The van der Waals surface area contributed by atoms with Gasteiger partial charge in [-0.15, -0.1) is 0 Å². The molecular formula is C22H18FN3O4S. The first-order valence-corrected chi connectivity index (χ1v) is 10.7. The third-order valence-electron chi connectivity index (χ3n) is 4.49. The van der Waals surface area contributed by atoms with Gasteiger partial charge in [-0.1, -0.05) is 6.07 Å². The van der Waals surface area contributed by atoms with Crippen molar-refractivity contribution in [2.45, 2.75) is 16.5 Å². The fourth-order valence-corrected chi connectivity index (χ4v) is 4.15. The van der Waals surface area contributed by atoms with Gasteiger partial charge in [0.2, 0.25) is 26.6 Å². The van der Waals surface area contributed by atoms with E-state index in [0.29, 0.717) is 11.3 Å². The highest BCUT2D eigenvalue weighted by molar-refractivity contribution is 7.91. The minimum Gasteiger partial charge on any atom is -0.497 e. The second-order valence-electron chi connectivity index (χ2n) is 6.55. The van der Waals surface area contributed by atoms with Crippen molar-refractivity contribution in [1.82, 2.24) is 9.97 Å².